The summed E-state index contributed by atoms with van der Waals surface area (Å²) in [5, 5.41) is 4.26. The Bertz CT molecular complexity index is 696. The van der Waals surface area contributed by atoms with Crippen molar-refractivity contribution in [3.8, 4) is 0 Å². The van der Waals surface area contributed by atoms with Gasteiger partial charge in [-0.25, -0.2) is 0 Å². The van der Waals surface area contributed by atoms with E-state index in [0.29, 0.717) is 13.2 Å². The Hall–Kier alpha value is -2.17. The zero-order valence-electron chi connectivity index (χ0n) is 13.0. The van der Waals surface area contributed by atoms with E-state index in [1.807, 2.05) is 42.5 Å². The normalized spacial score (nSPS) is 26.8. The minimum Gasteiger partial charge on any atom is -0.389 e. The maximum absolute atomic E-state index is 6.01. The Morgan fingerprint density at radius 1 is 0.913 bits per heavy atom. The van der Waals surface area contributed by atoms with Crippen LogP contribution < -0.4 is 0 Å². The second kappa shape index (κ2) is 6.14. The van der Waals surface area contributed by atoms with E-state index >= 15 is 0 Å². The van der Waals surface area contributed by atoms with E-state index in [9.17, 15) is 0 Å². The molecule has 0 unspecified atom stereocenters. The maximum Gasteiger partial charge on any atom is 0.184 e. The molecule has 1 fully saturated rings. The molecule has 0 aliphatic carbocycles. The molecule has 2 heterocycles. The van der Waals surface area contributed by atoms with Crippen molar-refractivity contribution in [2.45, 2.75) is 19.3 Å². The topological polar surface area (TPSA) is 40.0 Å². The van der Waals surface area contributed by atoms with Crippen LogP contribution in [0.2, 0.25) is 0 Å². The molecular formula is C19H19NO3. The molecule has 2 aromatic carbocycles. The van der Waals surface area contributed by atoms with E-state index in [-0.39, 0.29) is 18.3 Å². The van der Waals surface area contributed by atoms with Crippen molar-refractivity contribution in [3.63, 3.8) is 0 Å². The number of hydrogen-bond acceptors (Lipinski definition) is 4. The molecule has 0 radical (unpaired) electrons. The van der Waals surface area contributed by atoms with Gasteiger partial charge in [-0.2, -0.15) is 0 Å². The summed E-state index contributed by atoms with van der Waals surface area (Å²) in [5.41, 5.74) is 4.29. The van der Waals surface area contributed by atoms with Crippen molar-refractivity contribution in [2.75, 3.05) is 13.2 Å². The van der Waals surface area contributed by atoms with Crippen LogP contribution in [0.1, 0.15) is 23.0 Å². The summed E-state index contributed by atoms with van der Waals surface area (Å²) in [6.07, 6.45) is -0.428. The third-order valence-corrected chi connectivity index (χ3v) is 4.34. The largest absolute Gasteiger partial charge is 0.389 e. The predicted octanol–water partition coefficient (Wildman–Crippen LogP) is 3.46. The first-order valence-corrected chi connectivity index (χ1v) is 7.90. The van der Waals surface area contributed by atoms with Crippen LogP contribution in [-0.2, 0) is 14.3 Å². The van der Waals surface area contributed by atoms with Gasteiger partial charge < -0.3 is 14.3 Å². The molecule has 2 aromatic rings. The molecule has 2 aliphatic heterocycles. The monoisotopic (exact) mass is 309 g/mol. The molecule has 2 aliphatic rings. The van der Waals surface area contributed by atoms with E-state index in [4.69, 9.17) is 14.3 Å². The van der Waals surface area contributed by atoms with Crippen LogP contribution >= 0.6 is 0 Å². The molecule has 0 spiro atoms. The summed E-state index contributed by atoms with van der Waals surface area (Å²) in [7, 11) is 0. The molecule has 0 saturated carbocycles. The molecule has 4 heteroatoms. The SMILES string of the molecule is Cc1ccc([C@@H]2OC[C@@H]3C(c4ccccc4)=NO[C@@H]3CO2)cc1. The van der Waals surface area contributed by atoms with Gasteiger partial charge in [0.15, 0.2) is 12.4 Å². The van der Waals surface area contributed by atoms with Gasteiger partial charge in [0, 0.05) is 5.56 Å². The number of nitrogens with zero attached hydrogens (tertiary/aromatic N) is 1. The van der Waals surface area contributed by atoms with Gasteiger partial charge in [0.25, 0.3) is 0 Å². The van der Waals surface area contributed by atoms with Gasteiger partial charge in [-0.15, -0.1) is 0 Å². The molecule has 23 heavy (non-hydrogen) atoms. The summed E-state index contributed by atoms with van der Waals surface area (Å²) in [5.74, 6) is 0.104. The second-order valence-corrected chi connectivity index (χ2v) is 6.00. The fraction of sp³-hybridized carbons (Fsp3) is 0.316. The van der Waals surface area contributed by atoms with E-state index in [2.05, 4.69) is 24.2 Å². The van der Waals surface area contributed by atoms with Crippen LogP contribution in [0.25, 0.3) is 0 Å². The van der Waals surface area contributed by atoms with Gasteiger partial charge in [0.05, 0.1) is 24.8 Å². The van der Waals surface area contributed by atoms with Crippen LogP contribution in [0.5, 0.6) is 0 Å². The lowest BCUT2D eigenvalue weighted by molar-refractivity contribution is -0.139. The van der Waals surface area contributed by atoms with Crippen molar-refractivity contribution in [3.05, 3.63) is 71.3 Å². The average Bonchev–Trinajstić information content (AvgIpc) is 2.88. The maximum atomic E-state index is 6.01. The Labute approximate surface area is 135 Å². The van der Waals surface area contributed by atoms with Gasteiger partial charge in [-0.05, 0) is 12.5 Å². The summed E-state index contributed by atoms with van der Waals surface area (Å²) >= 11 is 0. The van der Waals surface area contributed by atoms with Gasteiger partial charge in [-0.1, -0.05) is 65.3 Å². The lowest BCUT2D eigenvalue weighted by Crippen LogP contribution is -2.29. The number of hydrogen-bond donors (Lipinski definition) is 0. The molecule has 4 rings (SSSR count). The van der Waals surface area contributed by atoms with Crippen molar-refractivity contribution in [1.29, 1.82) is 0 Å². The highest BCUT2D eigenvalue weighted by Crippen LogP contribution is 2.31. The summed E-state index contributed by atoms with van der Waals surface area (Å²) in [4.78, 5) is 5.59. The summed E-state index contributed by atoms with van der Waals surface area (Å²) in [6.45, 7) is 3.08. The van der Waals surface area contributed by atoms with Gasteiger partial charge in [0.1, 0.15) is 0 Å². The van der Waals surface area contributed by atoms with E-state index in [1.165, 1.54) is 5.56 Å². The van der Waals surface area contributed by atoms with Crippen LogP contribution in [0.15, 0.2) is 59.8 Å². The number of benzene rings is 2. The minimum absolute atomic E-state index is 0.0827. The van der Waals surface area contributed by atoms with Crippen LogP contribution in [0, 0.1) is 12.8 Å². The van der Waals surface area contributed by atoms with E-state index < -0.39 is 0 Å². The first-order chi connectivity index (χ1) is 11.3. The van der Waals surface area contributed by atoms with E-state index in [1.54, 1.807) is 0 Å². The summed E-state index contributed by atoms with van der Waals surface area (Å²) < 4.78 is 11.9. The zero-order valence-corrected chi connectivity index (χ0v) is 13.0. The Balaban J connectivity index is 1.52. The highest BCUT2D eigenvalue weighted by Gasteiger charge is 2.39. The van der Waals surface area contributed by atoms with Crippen molar-refractivity contribution >= 4 is 5.71 Å². The number of aryl methyl sites for hydroxylation is 1. The zero-order chi connectivity index (χ0) is 15.6. The predicted molar refractivity (Wildman–Crippen MR) is 87.2 cm³/mol. The van der Waals surface area contributed by atoms with Crippen LogP contribution in [0.4, 0.5) is 0 Å². The van der Waals surface area contributed by atoms with Crippen molar-refractivity contribution < 1.29 is 14.3 Å². The Kier molecular flexibility index (Phi) is 3.85. The first-order valence-electron chi connectivity index (χ1n) is 7.90. The average molecular weight is 309 g/mol. The van der Waals surface area contributed by atoms with Gasteiger partial charge in [-0.3, -0.25) is 0 Å². The van der Waals surface area contributed by atoms with Gasteiger partial charge >= 0.3 is 0 Å². The summed E-state index contributed by atoms with van der Waals surface area (Å²) in [6, 6.07) is 18.4. The minimum atomic E-state index is -0.346. The number of oxime groups is 1. The fourth-order valence-corrected chi connectivity index (χ4v) is 2.99. The highest BCUT2D eigenvalue weighted by atomic mass is 16.7. The number of ether oxygens (including phenoxy) is 2. The molecule has 0 amide bonds. The molecular weight excluding hydrogens is 290 g/mol. The number of rotatable bonds is 2. The third kappa shape index (κ3) is 2.87. The van der Waals surface area contributed by atoms with Crippen molar-refractivity contribution in [2.24, 2.45) is 11.1 Å². The van der Waals surface area contributed by atoms with Crippen LogP contribution in [-0.4, -0.2) is 25.0 Å². The molecule has 0 aromatic heterocycles. The quantitative estimate of drug-likeness (QED) is 0.853. The lowest BCUT2D eigenvalue weighted by atomic mass is 9.93. The molecule has 0 N–H and O–H groups in total. The molecule has 118 valence electrons. The molecule has 4 nitrogen and oxygen atoms in total. The second-order valence-electron chi connectivity index (χ2n) is 6.00. The van der Waals surface area contributed by atoms with Gasteiger partial charge in [0.2, 0.25) is 0 Å². The Morgan fingerprint density at radius 3 is 2.43 bits per heavy atom. The fourth-order valence-electron chi connectivity index (χ4n) is 2.99. The standard InChI is InChI=1S/C19H19NO3/c1-13-7-9-15(10-8-13)19-21-11-16-17(12-22-19)23-20-18(16)14-5-3-2-4-6-14/h2-10,16-17,19H,11-12H2,1H3/t16-,17+,19+/m0/s1. The highest BCUT2D eigenvalue weighted by molar-refractivity contribution is 6.03. The third-order valence-electron chi connectivity index (χ3n) is 4.34. The lowest BCUT2D eigenvalue weighted by Gasteiger charge is -2.16. The Morgan fingerprint density at radius 2 is 1.65 bits per heavy atom. The van der Waals surface area contributed by atoms with E-state index in [0.717, 1.165) is 16.8 Å². The molecule has 1 saturated heterocycles. The van der Waals surface area contributed by atoms with Crippen molar-refractivity contribution in [1.82, 2.24) is 0 Å². The first kappa shape index (κ1) is 14.4. The number of fused-ring (bicyclic) bond motifs is 1. The molecule has 3 atom stereocenters. The van der Waals surface area contributed by atoms with Crippen LogP contribution in [0.3, 0.4) is 0 Å². The molecule has 0 bridgehead atoms. The smallest absolute Gasteiger partial charge is 0.184 e.